The van der Waals surface area contributed by atoms with Crippen molar-refractivity contribution >= 4 is 18.0 Å². The van der Waals surface area contributed by atoms with E-state index in [9.17, 15) is 19.5 Å². The van der Waals surface area contributed by atoms with Crippen molar-refractivity contribution in [1.29, 1.82) is 0 Å². The fraction of sp³-hybridized carbons (Fsp3) is 0.292. The largest absolute Gasteiger partial charge is 0.481 e. The van der Waals surface area contributed by atoms with Crippen molar-refractivity contribution in [3.63, 3.8) is 0 Å². The molecule has 0 saturated heterocycles. The molecule has 0 spiro atoms. The summed E-state index contributed by atoms with van der Waals surface area (Å²) in [6.45, 7) is 0.0111. The summed E-state index contributed by atoms with van der Waals surface area (Å²) in [5, 5.41) is 15.0. The van der Waals surface area contributed by atoms with Crippen molar-refractivity contribution in [1.82, 2.24) is 16.1 Å². The molecule has 10 nitrogen and oxygen atoms in total. The van der Waals surface area contributed by atoms with E-state index in [0.717, 1.165) is 5.56 Å². The predicted octanol–water partition coefficient (Wildman–Crippen LogP) is 1.73. The first kappa shape index (κ1) is 24.6. The molecule has 0 bridgehead atoms. The zero-order valence-corrected chi connectivity index (χ0v) is 18.6. The standard InChI is InChI=1S/C24H27N3O7/c1-32-20-13-18(34-27-20)14-25-22(28)21(19(23(29)30)12-16-8-4-2-5-9-16)26-24(31)33-15-17-10-6-3-7-11-17/h2-11,13,18-19,21,27H,12,14-15H2,1H3,(H,25,28)(H,26,31)(H,29,30)/t18?,19?,21-/m0/s1. The maximum absolute atomic E-state index is 13.0. The third-order valence-electron chi connectivity index (χ3n) is 5.13. The highest BCUT2D eigenvalue weighted by Gasteiger charge is 2.36. The van der Waals surface area contributed by atoms with Gasteiger partial charge in [0, 0.05) is 6.08 Å². The number of hydroxylamine groups is 1. The molecule has 2 unspecified atom stereocenters. The summed E-state index contributed by atoms with van der Waals surface area (Å²) in [6, 6.07) is 16.5. The molecule has 2 aromatic carbocycles. The topological polar surface area (TPSA) is 135 Å². The zero-order valence-electron chi connectivity index (χ0n) is 18.6. The van der Waals surface area contributed by atoms with Crippen LogP contribution in [-0.4, -0.2) is 48.9 Å². The third kappa shape index (κ3) is 7.24. The molecule has 0 saturated carbocycles. The average Bonchev–Trinajstić information content (AvgIpc) is 3.32. The minimum Gasteiger partial charge on any atom is -0.481 e. The lowest BCUT2D eigenvalue weighted by molar-refractivity contribution is -0.145. The molecule has 0 fully saturated rings. The number of carbonyl (C=O) groups excluding carboxylic acids is 2. The van der Waals surface area contributed by atoms with Crippen molar-refractivity contribution < 1.29 is 33.8 Å². The van der Waals surface area contributed by atoms with E-state index in [0.29, 0.717) is 11.4 Å². The van der Waals surface area contributed by atoms with Crippen LogP contribution in [0, 0.1) is 5.92 Å². The predicted molar refractivity (Wildman–Crippen MR) is 121 cm³/mol. The molecule has 10 heteroatoms. The van der Waals surface area contributed by atoms with Crippen molar-refractivity contribution in [3.8, 4) is 0 Å². The maximum Gasteiger partial charge on any atom is 0.408 e. The molecule has 0 radical (unpaired) electrons. The van der Waals surface area contributed by atoms with Gasteiger partial charge in [-0.05, 0) is 17.5 Å². The fourth-order valence-corrected chi connectivity index (χ4v) is 3.35. The van der Waals surface area contributed by atoms with Crippen molar-refractivity contribution in [2.75, 3.05) is 13.7 Å². The Morgan fingerprint density at radius 3 is 2.29 bits per heavy atom. The Morgan fingerprint density at radius 1 is 1.06 bits per heavy atom. The van der Waals surface area contributed by atoms with Gasteiger partial charge in [-0.25, -0.2) is 10.3 Å². The minimum absolute atomic E-state index is 0.0242. The van der Waals surface area contributed by atoms with Gasteiger partial charge in [-0.3, -0.25) is 14.4 Å². The molecule has 180 valence electrons. The van der Waals surface area contributed by atoms with Crippen LogP contribution < -0.4 is 16.1 Å². The summed E-state index contributed by atoms with van der Waals surface area (Å²) in [4.78, 5) is 42.9. The summed E-state index contributed by atoms with van der Waals surface area (Å²) >= 11 is 0. The van der Waals surface area contributed by atoms with Crippen molar-refractivity contribution in [3.05, 3.63) is 83.7 Å². The molecule has 0 aromatic heterocycles. The smallest absolute Gasteiger partial charge is 0.408 e. The monoisotopic (exact) mass is 469 g/mol. The summed E-state index contributed by atoms with van der Waals surface area (Å²) in [7, 11) is 1.46. The van der Waals surface area contributed by atoms with Gasteiger partial charge in [0.15, 0.2) is 0 Å². The van der Waals surface area contributed by atoms with Gasteiger partial charge in [-0.2, -0.15) is 0 Å². The van der Waals surface area contributed by atoms with Crippen molar-refractivity contribution in [2.45, 2.75) is 25.2 Å². The molecule has 34 heavy (non-hydrogen) atoms. The Kier molecular flexibility index (Phi) is 8.87. The van der Waals surface area contributed by atoms with Crippen LogP contribution in [0.4, 0.5) is 4.79 Å². The number of carbonyl (C=O) groups is 3. The van der Waals surface area contributed by atoms with E-state index in [1.54, 1.807) is 60.7 Å². The van der Waals surface area contributed by atoms with Crippen LogP contribution >= 0.6 is 0 Å². The van der Waals surface area contributed by atoms with E-state index >= 15 is 0 Å². The second-order valence-corrected chi connectivity index (χ2v) is 7.56. The molecule has 3 atom stereocenters. The number of rotatable bonds is 11. The number of ether oxygens (including phenoxy) is 2. The van der Waals surface area contributed by atoms with Crippen LogP contribution in [0.3, 0.4) is 0 Å². The molecule has 1 aliphatic heterocycles. The Bertz CT molecular complexity index is 998. The maximum atomic E-state index is 13.0. The van der Waals surface area contributed by atoms with Gasteiger partial charge in [0.1, 0.15) is 18.8 Å². The lowest BCUT2D eigenvalue weighted by atomic mass is 9.91. The van der Waals surface area contributed by atoms with E-state index in [-0.39, 0.29) is 19.6 Å². The number of hydrogen-bond donors (Lipinski definition) is 4. The number of amides is 2. The van der Waals surface area contributed by atoms with E-state index in [2.05, 4.69) is 16.1 Å². The quantitative estimate of drug-likeness (QED) is 0.391. The Morgan fingerprint density at radius 2 is 1.71 bits per heavy atom. The SMILES string of the molecule is COC1=CC(CNC(=O)[C@@H](NC(=O)OCc2ccccc2)C(Cc2ccccc2)C(=O)O)ON1. The van der Waals surface area contributed by atoms with Gasteiger partial charge in [0.2, 0.25) is 11.8 Å². The van der Waals surface area contributed by atoms with Crippen LogP contribution in [0.2, 0.25) is 0 Å². The highest BCUT2D eigenvalue weighted by Crippen LogP contribution is 2.15. The number of hydrogen-bond acceptors (Lipinski definition) is 7. The first-order valence-electron chi connectivity index (χ1n) is 10.7. The van der Waals surface area contributed by atoms with Gasteiger partial charge in [0.25, 0.3) is 0 Å². The van der Waals surface area contributed by atoms with Gasteiger partial charge >= 0.3 is 12.1 Å². The molecule has 3 rings (SSSR count). The minimum atomic E-state index is -1.39. The summed E-state index contributed by atoms with van der Waals surface area (Å²) in [5.41, 5.74) is 4.02. The highest BCUT2D eigenvalue weighted by atomic mass is 16.7. The van der Waals surface area contributed by atoms with Gasteiger partial charge < -0.3 is 25.2 Å². The summed E-state index contributed by atoms with van der Waals surface area (Å²) < 4.78 is 10.2. The molecule has 1 heterocycles. The fourth-order valence-electron chi connectivity index (χ4n) is 3.35. The number of carboxylic acid groups (broad SMARTS) is 1. The van der Waals surface area contributed by atoms with Crippen LogP contribution in [0.1, 0.15) is 11.1 Å². The summed E-state index contributed by atoms with van der Waals surface area (Å²) in [5.74, 6) is -2.75. The molecule has 0 aliphatic carbocycles. The number of methoxy groups -OCH3 is 1. The zero-order chi connectivity index (χ0) is 24.3. The Labute approximate surface area is 196 Å². The van der Waals surface area contributed by atoms with E-state index in [1.807, 2.05) is 6.07 Å². The number of aliphatic carboxylic acids is 1. The number of benzene rings is 2. The molecule has 1 aliphatic rings. The van der Waals surface area contributed by atoms with Gasteiger partial charge in [-0.1, -0.05) is 60.7 Å². The number of alkyl carbamates (subject to hydrolysis) is 1. The lowest BCUT2D eigenvalue weighted by Gasteiger charge is -2.24. The van der Waals surface area contributed by atoms with Crippen LogP contribution in [0.25, 0.3) is 0 Å². The van der Waals surface area contributed by atoms with E-state index < -0.39 is 36.0 Å². The van der Waals surface area contributed by atoms with Gasteiger partial charge in [0.05, 0.1) is 19.6 Å². The third-order valence-corrected chi connectivity index (χ3v) is 5.13. The lowest BCUT2D eigenvalue weighted by Crippen LogP contribution is -2.54. The first-order valence-corrected chi connectivity index (χ1v) is 10.7. The average molecular weight is 469 g/mol. The van der Waals surface area contributed by atoms with Crippen LogP contribution in [-0.2, 0) is 36.9 Å². The Balaban J connectivity index is 1.70. The normalized spacial score (nSPS) is 16.4. The molecule has 4 N–H and O–H groups in total. The molecular weight excluding hydrogens is 442 g/mol. The molecule has 2 aromatic rings. The Hall–Kier alpha value is -4.05. The number of carboxylic acids is 1. The highest BCUT2D eigenvalue weighted by molar-refractivity contribution is 5.90. The second-order valence-electron chi connectivity index (χ2n) is 7.56. The van der Waals surface area contributed by atoms with E-state index in [1.165, 1.54) is 7.11 Å². The van der Waals surface area contributed by atoms with Crippen LogP contribution in [0.15, 0.2) is 72.6 Å². The van der Waals surface area contributed by atoms with E-state index in [4.69, 9.17) is 14.3 Å². The second kappa shape index (κ2) is 12.3. The molecular formula is C24H27N3O7. The first-order chi connectivity index (χ1) is 16.5. The van der Waals surface area contributed by atoms with Gasteiger partial charge in [-0.15, -0.1) is 0 Å². The summed E-state index contributed by atoms with van der Waals surface area (Å²) in [6.07, 6.45) is 0.225. The van der Waals surface area contributed by atoms with Crippen molar-refractivity contribution in [2.24, 2.45) is 5.92 Å². The molecule has 2 amide bonds. The van der Waals surface area contributed by atoms with Crippen LogP contribution in [0.5, 0.6) is 0 Å². The number of nitrogens with one attached hydrogen (secondary N) is 3.